The minimum absolute atomic E-state index is 0.462. The highest BCUT2D eigenvalue weighted by atomic mass is 35.5. The van der Waals surface area contributed by atoms with Gasteiger partial charge in [-0.15, -0.1) is 5.10 Å². The van der Waals surface area contributed by atoms with Crippen LogP contribution in [0.1, 0.15) is 11.1 Å². The standard InChI is InChI=1S/C19H20Cl2N6S/c1-24(2)7-8-25(11-15-5-3-14(10-22)4-6-15)13-27-19(28)26-12-16(20)9-17(21)18(26)23-27/h3-6,9,12H,7-8,11,13H2,1-2H3. The van der Waals surface area contributed by atoms with E-state index < -0.39 is 0 Å². The molecule has 0 spiro atoms. The summed E-state index contributed by atoms with van der Waals surface area (Å²) in [7, 11) is 4.08. The molecular weight excluding hydrogens is 415 g/mol. The van der Waals surface area contributed by atoms with Gasteiger partial charge in [-0.3, -0.25) is 9.30 Å². The molecule has 146 valence electrons. The molecule has 0 saturated carbocycles. The zero-order valence-electron chi connectivity index (χ0n) is 15.6. The highest BCUT2D eigenvalue weighted by Gasteiger charge is 2.13. The van der Waals surface area contributed by atoms with E-state index in [1.54, 1.807) is 21.3 Å². The smallest absolute Gasteiger partial charge is 0.203 e. The predicted octanol–water partition coefficient (Wildman–Crippen LogP) is 4.07. The molecule has 3 rings (SSSR count). The predicted molar refractivity (Wildman–Crippen MR) is 114 cm³/mol. The number of pyridine rings is 1. The lowest BCUT2D eigenvalue weighted by molar-refractivity contribution is 0.179. The molecule has 2 heterocycles. The van der Waals surface area contributed by atoms with Crippen LogP contribution in [-0.4, -0.2) is 51.2 Å². The minimum atomic E-state index is 0.462. The summed E-state index contributed by atoms with van der Waals surface area (Å²) in [6, 6.07) is 11.4. The monoisotopic (exact) mass is 434 g/mol. The molecule has 0 aliphatic rings. The average molecular weight is 435 g/mol. The van der Waals surface area contributed by atoms with Crippen LogP contribution in [0.25, 0.3) is 5.65 Å². The number of hydrogen-bond acceptors (Lipinski definition) is 5. The number of benzene rings is 1. The van der Waals surface area contributed by atoms with E-state index in [-0.39, 0.29) is 0 Å². The SMILES string of the molecule is CN(C)CCN(Cc1ccc(C#N)cc1)Cn1nc2c(Cl)cc(Cl)cn2c1=S. The number of nitriles is 1. The van der Waals surface area contributed by atoms with Crippen molar-refractivity contribution in [3.8, 4) is 6.07 Å². The number of likely N-dealkylation sites (N-methyl/N-ethyl adjacent to an activating group) is 1. The molecule has 0 N–H and O–H groups in total. The van der Waals surface area contributed by atoms with Crippen LogP contribution in [0.15, 0.2) is 36.5 Å². The van der Waals surface area contributed by atoms with Crippen molar-refractivity contribution in [3.05, 3.63) is 62.5 Å². The molecule has 0 amide bonds. The maximum atomic E-state index is 8.98. The van der Waals surface area contributed by atoms with Gasteiger partial charge < -0.3 is 4.90 Å². The summed E-state index contributed by atoms with van der Waals surface area (Å²) in [5.41, 5.74) is 2.36. The van der Waals surface area contributed by atoms with Crippen molar-refractivity contribution in [1.29, 1.82) is 5.26 Å². The molecule has 0 bridgehead atoms. The van der Waals surface area contributed by atoms with Gasteiger partial charge in [0.2, 0.25) is 4.77 Å². The fourth-order valence-corrected chi connectivity index (χ4v) is 3.56. The highest BCUT2D eigenvalue weighted by Crippen LogP contribution is 2.21. The summed E-state index contributed by atoms with van der Waals surface area (Å²) in [6.45, 7) is 2.95. The van der Waals surface area contributed by atoms with Gasteiger partial charge in [0, 0.05) is 25.8 Å². The van der Waals surface area contributed by atoms with Crippen molar-refractivity contribution in [2.75, 3.05) is 27.2 Å². The number of rotatable bonds is 7. The van der Waals surface area contributed by atoms with E-state index in [2.05, 4.69) is 21.0 Å². The fraction of sp³-hybridized carbons (Fsp3) is 0.316. The maximum Gasteiger partial charge on any atom is 0.203 e. The van der Waals surface area contributed by atoms with E-state index in [0.29, 0.717) is 39.2 Å². The Morgan fingerprint density at radius 2 is 1.89 bits per heavy atom. The second kappa shape index (κ2) is 9.03. The first-order chi connectivity index (χ1) is 13.4. The fourth-order valence-electron chi connectivity index (χ4n) is 2.81. The summed E-state index contributed by atoms with van der Waals surface area (Å²) >= 11 is 17.9. The summed E-state index contributed by atoms with van der Waals surface area (Å²) in [5, 5.41) is 14.5. The van der Waals surface area contributed by atoms with Crippen LogP contribution < -0.4 is 0 Å². The van der Waals surface area contributed by atoms with Crippen LogP contribution >= 0.6 is 35.4 Å². The van der Waals surface area contributed by atoms with E-state index in [1.807, 2.05) is 38.4 Å². The van der Waals surface area contributed by atoms with E-state index in [9.17, 15) is 0 Å². The molecule has 1 aromatic carbocycles. The Labute approximate surface area is 179 Å². The summed E-state index contributed by atoms with van der Waals surface area (Å²) in [4.78, 5) is 4.38. The van der Waals surface area contributed by atoms with Crippen LogP contribution in [0.2, 0.25) is 10.0 Å². The lowest BCUT2D eigenvalue weighted by Crippen LogP contribution is -2.33. The van der Waals surface area contributed by atoms with Crippen molar-refractivity contribution >= 4 is 41.1 Å². The van der Waals surface area contributed by atoms with Gasteiger partial charge >= 0.3 is 0 Å². The Morgan fingerprint density at radius 3 is 2.54 bits per heavy atom. The van der Waals surface area contributed by atoms with Gasteiger partial charge in [-0.05, 0) is 50.1 Å². The van der Waals surface area contributed by atoms with E-state index in [4.69, 9.17) is 40.7 Å². The third kappa shape index (κ3) is 4.90. The molecule has 2 aromatic heterocycles. The van der Waals surface area contributed by atoms with E-state index in [1.165, 1.54) is 0 Å². The second-order valence-corrected chi connectivity index (χ2v) is 8.00. The van der Waals surface area contributed by atoms with Crippen molar-refractivity contribution < 1.29 is 0 Å². The first-order valence-electron chi connectivity index (χ1n) is 8.67. The van der Waals surface area contributed by atoms with Gasteiger partial charge in [0.1, 0.15) is 0 Å². The van der Waals surface area contributed by atoms with E-state index in [0.717, 1.165) is 18.7 Å². The van der Waals surface area contributed by atoms with Crippen LogP contribution in [0.3, 0.4) is 0 Å². The zero-order chi connectivity index (χ0) is 20.3. The first-order valence-corrected chi connectivity index (χ1v) is 9.84. The van der Waals surface area contributed by atoms with Gasteiger partial charge in [-0.2, -0.15) is 5.26 Å². The van der Waals surface area contributed by atoms with Gasteiger partial charge in [0.05, 0.1) is 28.3 Å². The molecule has 0 aliphatic carbocycles. The van der Waals surface area contributed by atoms with Crippen molar-refractivity contribution in [3.63, 3.8) is 0 Å². The average Bonchev–Trinajstić information content (AvgIpc) is 2.97. The topological polar surface area (TPSA) is 52.5 Å². The van der Waals surface area contributed by atoms with Gasteiger partial charge in [-0.25, -0.2) is 4.68 Å². The van der Waals surface area contributed by atoms with Crippen molar-refractivity contribution in [1.82, 2.24) is 24.0 Å². The van der Waals surface area contributed by atoms with E-state index >= 15 is 0 Å². The van der Waals surface area contributed by atoms with Crippen LogP contribution in [0, 0.1) is 16.1 Å². The van der Waals surface area contributed by atoms with Gasteiger partial charge in [-0.1, -0.05) is 35.3 Å². The molecule has 0 unspecified atom stereocenters. The number of hydrogen-bond donors (Lipinski definition) is 0. The molecule has 6 nitrogen and oxygen atoms in total. The Balaban J connectivity index is 1.87. The summed E-state index contributed by atoms with van der Waals surface area (Å²) < 4.78 is 4.02. The Bertz CT molecular complexity index is 1060. The highest BCUT2D eigenvalue weighted by molar-refractivity contribution is 7.71. The molecule has 0 fully saturated rings. The van der Waals surface area contributed by atoms with Gasteiger partial charge in [0.25, 0.3) is 0 Å². The second-order valence-electron chi connectivity index (χ2n) is 6.79. The number of aromatic nitrogens is 3. The molecule has 0 aliphatic heterocycles. The van der Waals surface area contributed by atoms with Crippen LogP contribution in [-0.2, 0) is 13.2 Å². The Hall–Kier alpha value is -1.95. The Morgan fingerprint density at radius 1 is 1.18 bits per heavy atom. The molecule has 9 heteroatoms. The third-order valence-electron chi connectivity index (χ3n) is 4.29. The number of nitrogens with zero attached hydrogens (tertiary/aromatic N) is 6. The summed E-state index contributed by atoms with van der Waals surface area (Å²) in [6.07, 6.45) is 1.72. The number of halogens is 2. The molecule has 0 saturated heterocycles. The lowest BCUT2D eigenvalue weighted by atomic mass is 10.1. The lowest BCUT2D eigenvalue weighted by Gasteiger charge is -2.24. The normalized spacial score (nSPS) is 11.5. The molecule has 3 aromatic rings. The molecule has 0 atom stereocenters. The molecular formula is C19H20Cl2N6S. The molecule has 0 radical (unpaired) electrons. The first kappa shape index (κ1) is 20.8. The largest absolute Gasteiger partial charge is 0.308 e. The molecule has 28 heavy (non-hydrogen) atoms. The van der Waals surface area contributed by atoms with Crippen molar-refractivity contribution in [2.24, 2.45) is 0 Å². The van der Waals surface area contributed by atoms with Crippen molar-refractivity contribution in [2.45, 2.75) is 13.2 Å². The third-order valence-corrected chi connectivity index (χ3v) is 5.18. The minimum Gasteiger partial charge on any atom is -0.308 e. The summed E-state index contributed by atoms with van der Waals surface area (Å²) in [5.74, 6) is 0. The van der Waals surface area contributed by atoms with Crippen LogP contribution in [0.5, 0.6) is 0 Å². The van der Waals surface area contributed by atoms with Gasteiger partial charge in [0.15, 0.2) is 5.65 Å². The van der Waals surface area contributed by atoms with Crippen LogP contribution in [0.4, 0.5) is 0 Å². The number of fused-ring (bicyclic) bond motifs is 1. The Kier molecular flexibility index (Phi) is 6.70. The maximum absolute atomic E-state index is 8.98. The zero-order valence-corrected chi connectivity index (χ0v) is 18.0. The quantitative estimate of drug-likeness (QED) is 0.524.